The summed E-state index contributed by atoms with van der Waals surface area (Å²) in [6.07, 6.45) is 5.75. The van der Waals surface area contributed by atoms with Crippen molar-refractivity contribution in [1.82, 2.24) is 20.0 Å². The summed E-state index contributed by atoms with van der Waals surface area (Å²) in [7, 11) is 1.47. The lowest BCUT2D eigenvalue weighted by atomic mass is 10.2. The first-order valence-corrected chi connectivity index (χ1v) is 8.34. The van der Waals surface area contributed by atoms with E-state index in [1.165, 1.54) is 36.8 Å². The summed E-state index contributed by atoms with van der Waals surface area (Å²) in [6.45, 7) is 0. The molecule has 8 heteroatoms. The van der Waals surface area contributed by atoms with Crippen LogP contribution in [-0.4, -0.2) is 33.0 Å². The first-order chi connectivity index (χ1) is 12.6. The van der Waals surface area contributed by atoms with Crippen molar-refractivity contribution >= 4 is 11.7 Å². The monoisotopic (exact) mass is 355 g/mol. The highest BCUT2D eigenvalue weighted by Gasteiger charge is 2.25. The van der Waals surface area contributed by atoms with Gasteiger partial charge in [-0.3, -0.25) is 9.89 Å². The summed E-state index contributed by atoms with van der Waals surface area (Å²) < 4.78 is 20.2. The molecule has 7 nitrogen and oxygen atoms in total. The maximum Gasteiger partial charge on any atom is 0.230 e. The molecule has 4 rings (SSSR count). The van der Waals surface area contributed by atoms with Gasteiger partial charge in [0.15, 0.2) is 5.82 Å². The number of benzene rings is 1. The fourth-order valence-electron chi connectivity index (χ4n) is 2.77. The Hall–Kier alpha value is -3.16. The van der Waals surface area contributed by atoms with Crippen LogP contribution in [0.15, 0.2) is 36.7 Å². The lowest BCUT2D eigenvalue weighted by Crippen LogP contribution is -2.14. The summed E-state index contributed by atoms with van der Waals surface area (Å²) in [5.74, 6) is 0.878. The zero-order chi connectivity index (χ0) is 18.1. The fraction of sp³-hybridized carbons (Fsp3) is 0.278. The van der Waals surface area contributed by atoms with E-state index in [1.807, 2.05) is 6.07 Å². The van der Waals surface area contributed by atoms with Crippen molar-refractivity contribution in [3.05, 3.63) is 53.7 Å². The predicted octanol–water partition coefficient (Wildman–Crippen LogP) is 2.80. The number of amides is 1. The first-order valence-electron chi connectivity index (χ1n) is 8.34. The van der Waals surface area contributed by atoms with E-state index < -0.39 is 5.82 Å². The number of hydrogen-bond donors (Lipinski definition) is 2. The molecule has 0 bridgehead atoms. The van der Waals surface area contributed by atoms with Crippen molar-refractivity contribution in [2.24, 2.45) is 0 Å². The number of nitrogens with zero attached hydrogens (tertiary/aromatic N) is 3. The molecule has 1 aliphatic rings. The van der Waals surface area contributed by atoms with Gasteiger partial charge in [-0.05, 0) is 24.5 Å². The number of rotatable bonds is 6. The van der Waals surface area contributed by atoms with Crippen molar-refractivity contribution in [2.45, 2.75) is 25.2 Å². The smallest absolute Gasteiger partial charge is 0.230 e. The second kappa shape index (κ2) is 6.62. The van der Waals surface area contributed by atoms with Crippen LogP contribution in [0.4, 0.5) is 10.2 Å². The molecule has 0 saturated heterocycles. The lowest BCUT2D eigenvalue weighted by Gasteiger charge is -2.05. The van der Waals surface area contributed by atoms with Crippen LogP contribution in [0.1, 0.15) is 30.0 Å². The molecule has 2 aromatic heterocycles. The van der Waals surface area contributed by atoms with Crippen LogP contribution in [0.2, 0.25) is 0 Å². The van der Waals surface area contributed by atoms with Crippen LogP contribution in [0.5, 0.6) is 5.75 Å². The summed E-state index contributed by atoms with van der Waals surface area (Å²) in [5.41, 5.74) is 2.30. The molecular formula is C18H18FN5O2. The molecular weight excluding hydrogens is 337 g/mol. The van der Waals surface area contributed by atoms with Gasteiger partial charge in [0.05, 0.1) is 25.4 Å². The highest BCUT2D eigenvalue weighted by Crippen LogP contribution is 2.39. The van der Waals surface area contributed by atoms with Crippen LogP contribution >= 0.6 is 0 Å². The third kappa shape index (κ3) is 3.58. The number of carbonyl (C=O) groups is 1. The average Bonchev–Trinajstić information content (AvgIpc) is 3.19. The number of aromatic nitrogens is 4. The van der Waals surface area contributed by atoms with E-state index in [-0.39, 0.29) is 12.3 Å². The van der Waals surface area contributed by atoms with Crippen LogP contribution < -0.4 is 10.1 Å². The Kier molecular flexibility index (Phi) is 4.16. The molecule has 1 saturated carbocycles. The van der Waals surface area contributed by atoms with Crippen molar-refractivity contribution in [2.75, 3.05) is 12.4 Å². The van der Waals surface area contributed by atoms with Crippen LogP contribution in [-0.2, 0) is 11.2 Å². The SMILES string of the molecule is COc1cc(F)cc(-n2cc(CC(=O)Nc3cc(C4CC4)[nH]n3)cn2)c1. The molecule has 3 aromatic rings. The number of methoxy groups -OCH3 is 1. The molecule has 0 atom stereocenters. The minimum atomic E-state index is -0.417. The van der Waals surface area contributed by atoms with Crippen molar-refractivity contribution < 1.29 is 13.9 Å². The number of hydrogen-bond acceptors (Lipinski definition) is 4. The number of nitrogens with one attached hydrogen (secondary N) is 2. The van der Waals surface area contributed by atoms with Crippen molar-refractivity contribution in [3.63, 3.8) is 0 Å². The quantitative estimate of drug-likeness (QED) is 0.712. The number of H-pyrrole nitrogens is 1. The van der Waals surface area contributed by atoms with Crippen LogP contribution in [0.3, 0.4) is 0 Å². The topological polar surface area (TPSA) is 84.8 Å². The summed E-state index contributed by atoms with van der Waals surface area (Å²) in [6, 6.07) is 6.19. The predicted molar refractivity (Wildman–Crippen MR) is 93.0 cm³/mol. The second-order valence-electron chi connectivity index (χ2n) is 6.35. The van der Waals surface area contributed by atoms with Crippen LogP contribution in [0.25, 0.3) is 5.69 Å². The third-order valence-corrected chi connectivity index (χ3v) is 4.24. The molecule has 1 aliphatic carbocycles. The molecule has 0 aliphatic heterocycles. The van der Waals surface area contributed by atoms with Crippen molar-refractivity contribution in [3.8, 4) is 11.4 Å². The van der Waals surface area contributed by atoms with E-state index in [0.29, 0.717) is 28.7 Å². The molecule has 2 heterocycles. The van der Waals surface area contributed by atoms with Gasteiger partial charge >= 0.3 is 0 Å². The van der Waals surface area contributed by atoms with Gasteiger partial charge in [0.2, 0.25) is 5.91 Å². The van der Waals surface area contributed by atoms with Gasteiger partial charge in [0, 0.05) is 36.0 Å². The Morgan fingerprint density at radius 3 is 3.00 bits per heavy atom. The summed E-state index contributed by atoms with van der Waals surface area (Å²) in [4.78, 5) is 12.2. The molecule has 1 fully saturated rings. The highest BCUT2D eigenvalue weighted by molar-refractivity contribution is 5.91. The van der Waals surface area contributed by atoms with E-state index in [0.717, 1.165) is 5.69 Å². The standard InChI is InChI=1S/C18H18FN5O2/c1-26-15-6-13(19)5-14(7-15)24-10-11(9-20-24)4-18(25)21-17-8-16(22-23-17)12-2-3-12/h5-10,12H,2-4H2,1H3,(H2,21,22,23,25). The van der Waals surface area contributed by atoms with E-state index in [4.69, 9.17) is 4.74 Å². The Bertz CT molecular complexity index is 945. The Morgan fingerprint density at radius 2 is 2.23 bits per heavy atom. The number of anilines is 1. The maximum atomic E-state index is 13.6. The normalized spacial score (nSPS) is 13.6. The van der Waals surface area contributed by atoms with Gasteiger partial charge in [0.1, 0.15) is 11.6 Å². The third-order valence-electron chi connectivity index (χ3n) is 4.24. The van der Waals surface area contributed by atoms with Gasteiger partial charge in [-0.15, -0.1) is 0 Å². The molecule has 1 amide bonds. The van der Waals surface area contributed by atoms with Gasteiger partial charge < -0.3 is 10.1 Å². The van der Waals surface area contributed by atoms with Gasteiger partial charge in [-0.1, -0.05) is 0 Å². The van der Waals surface area contributed by atoms with Gasteiger partial charge in [-0.2, -0.15) is 10.2 Å². The largest absolute Gasteiger partial charge is 0.497 e. The molecule has 2 N–H and O–H groups in total. The second-order valence-corrected chi connectivity index (χ2v) is 6.35. The number of aromatic amines is 1. The maximum absolute atomic E-state index is 13.6. The van der Waals surface area contributed by atoms with E-state index in [2.05, 4.69) is 20.6 Å². The first kappa shape index (κ1) is 16.3. The summed E-state index contributed by atoms with van der Waals surface area (Å²) in [5, 5.41) is 14.0. The zero-order valence-electron chi connectivity index (χ0n) is 14.2. The number of ether oxygens (including phenoxy) is 1. The molecule has 26 heavy (non-hydrogen) atoms. The highest BCUT2D eigenvalue weighted by atomic mass is 19.1. The molecule has 1 aromatic carbocycles. The fourth-order valence-corrected chi connectivity index (χ4v) is 2.77. The summed E-state index contributed by atoms with van der Waals surface area (Å²) >= 11 is 0. The molecule has 0 spiro atoms. The van der Waals surface area contributed by atoms with E-state index in [9.17, 15) is 9.18 Å². The number of carbonyl (C=O) groups excluding carboxylic acids is 1. The van der Waals surface area contributed by atoms with E-state index in [1.54, 1.807) is 18.5 Å². The van der Waals surface area contributed by atoms with Crippen molar-refractivity contribution in [1.29, 1.82) is 0 Å². The minimum Gasteiger partial charge on any atom is -0.497 e. The molecule has 0 radical (unpaired) electrons. The molecule has 134 valence electrons. The Morgan fingerprint density at radius 1 is 1.38 bits per heavy atom. The Labute approximate surface area is 149 Å². The van der Waals surface area contributed by atoms with E-state index >= 15 is 0 Å². The van der Waals surface area contributed by atoms with Gasteiger partial charge in [-0.25, -0.2) is 9.07 Å². The lowest BCUT2D eigenvalue weighted by molar-refractivity contribution is -0.115. The van der Waals surface area contributed by atoms with Crippen LogP contribution in [0, 0.1) is 5.82 Å². The molecule has 0 unspecified atom stereocenters. The zero-order valence-corrected chi connectivity index (χ0v) is 14.2. The number of halogens is 1. The minimum absolute atomic E-state index is 0.151. The average molecular weight is 355 g/mol. The Balaban J connectivity index is 1.42. The van der Waals surface area contributed by atoms with Gasteiger partial charge in [0.25, 0.3) is 0 Å².